The Hall–Kier alpha value is -1.62. The van der Waals surface area contributed by atoms with E-state index in [4.69, 9.17) is 12.2 Å². The maximum absolute atomic E-state index is 13.4. The van der Waals surface area contributed by atoms with Gasteiger partial charge in [-0.25, -0.2) is 12.8 Å². The molecule has 0 bridgehead atoms. The molecule has 146 valence electrons. The van der Waals surface area contributed by atoms with Crippen molar-refractivity contribution in [3.05, 3.63) is 40.7 Å². The zero-order valence-electron chi connectivity index (χ0n) is 15.1. The highest BCUT2D eigenvalue weighted by Crippen LogP contribution is 2.35. The van der Waals surface area contributed by atoms with E-state index in [2.05, 4.69) is 9.67 Å². The van der Waals surface area contributed by atoms with Crippen LogP contribution in [0.5, 0.6) is 0 Å². The van der Waals surface area contributed by atoms with Gasteiger partial charge in [-0.3, -0.25) is 0 Å². The summed E-state index contributed by atoms with van der Waals surface area (Å²) in [4.78, 5) is 1.24. The second-order valence-corrected chi connectivity index (χ2v) is 9.50. The van der Waals surface area contributed by atoms with Crippen LogP contribution in [-0.4, -0.2) is 53.2 Å². The van der Waals surface area contributed by atoms with Gasteiger partial charge in [0.1, 0.15) is 11.6 Å². The molecule has 2 heterocycles. The van der Waals surface area contributed by atoms with Gasteiger partial charge in [0.15, 0.2) is 6.67 Å². The van der Waals surface area contributed by atoms with Crippen molar-refractivity contribution in [3.63, 3.8) is 0 Å². The third-order valence-electron chi connectivity index (χ3n) is 5.19. The highest BCUT2D eigenvalue weighted by atomic mass is 32.2. The lowest BCUT2D eigenvalue weighted by atomic mass is 10.4. The Labute approximate surface area is 163 Å². The minimum absolute atomic E-state index is 0.00645. The summed E-state index contributed by atoms with van der Waals surface area (Å²) in [7, 11) is -3.66. The van der Waals surface area contributed by atoms with E-state index in [1.807, 2.05) is 11.6 Å². The monoisotopic (exact) mass is 412 g/mol. The second-order valence-electron chi connectivity index (χ2n) is 7.20. The van der Waals surface area contributed by atoms with Gasteiger partial charge in [-0.15, -0.1) is 0 Å². The van der Waals surface area contributed by atoms with Crippen LogP contribution in [0.1, 0.15) is 24.7 Å². The predicted octanol–water partition coefficient (Wildman–Crippen LogP) is 0.743. The zero-order valence-corrected chi connectivity index (χ0v) is 16.8. The topological polar surface area (TPSA) is 64.6 Å². The SMILES string of the molecule is Cc1nn(C[NH+]2CCN(S(=O)(=O)c3cccc(F)c3)CC2)c(=S)n1C1CC1. The molecule has 1 N–H and O–H groups in total. The number of quaternary nitrogens is 1. The van der Waals surface area contributed by atoms with Crippen molar-refractivity contribution in [2.24, 2.45) is 0 Å². The highest BCUT2D eigenvalue weighted by molar-refractivity contribution is 7.89. The number of piperazine rings is 1. The molecular weight excluding hydrogens is 389 g/mol. The van der Waals surface area contributed by atoms with Crippen LogP contribution in [0.15, 0.2) is 29.2 Å². The fourth-order valence-electron chi connectivity index (χ4n) is 3.57. The molecule has 1 aliphatic carbocycles. The molecule has 2 aromatic rings. The van der Waals surface area contributed by atoms with Gasteiger partial charge in [0.2, 0.25) is 14.8 Å². The molecule has 0 amide bonds. The number of hydrogen-bond acceptors (Lipinski definition) is 4. The number of benzene rings is 1. The number of sulfonamides is 1. The molecule has 1 aromatic carbocycles. The van der Waals surface area contributed by atoms with E-state index >= 15 is 0 Å². The van der Waals surface area contributed by atoms with E-state index < -0.39 is 15.8 Å². The van der Waals surface area contributed by atoms with Crippen LogP contribution in [0.2, 0.25) is 0 Å². The summed E-state index contributed by atoms with van der Waals surface area (Å²) in [5.41, 5.74) is 0. The molecule has 1 aromatic heterocycles. The Morgan fingerprint density at radius 2 is 2.00 bits per heavy atom. The van der Waals surface area contributed by atoms with Crippen LogP contribution in [-0.2, 0) is 16.7 Å². The largest absolute Gasteiger partial charge is 0.314 e. The normalized spacial score (nSPS) is 19.5. The molecule has 0 unspecified atom stereocenters. The summed E-state index contributed by atoms with van der Waals surface area (Å²) >= 11 is 5.56. The molecule has 1 saturated carbocycles. The van der Waals surface area contributed by atoms with E-state index in [-0.39, 0.29) is 4.90 Å². The van der Waals surface area contributed by atoms with Gasteiger partial charge >= 0.3 is 0 Å². The second kappa shape index (κ2) is 7.08. The Morgan fingerprint density at radius 3 is 2.63 bits per heavy atom. The molecule has 1 aliphatic heterocycles. The van der Waals surface area contributed by atoms with E-state index in [0.29, 0.717) is 38.9 Å². The van der Waals surface area contributed by atoms with Crippen LogP contribution in [0.25, 0.3) is 0 Å². The highest BCUT2D eigenvalue weighted by Gasteiger charge is 2.32. The third-order valence-corrected chi connectivity index (χ3v) is 7.49. The molecule has 0 radical (unpaired) electrons. The molecule has 4 rings (SSSR count). The van der Waals surface area contributed by atoms with Crippen molar-refractivity contribution in [2.75, 3.05) is 26.2 Å². The van der Waals surface area contributed by atoms with Crippen LogP contribution < -0.4 is 4.90 Å². The van der Waals surface area contributed by atoms with Gasteiger partial charge in [0.05, 0.1) is 31.1 Å². The third kappa shape index (κ3) is 3.71. The Balaban J connectivity index is 1.42. The molecule has 2 fully saturated rings. The maximum atomic E-state index is 13.4. The van der Waals surface area contributed by atoms with Gasteiger partial charge < -0.3 is 9.47 Å². The van der Waals surface area contributed by atoms with Gasteiger partial charge in [-0.1, -0.05) is 6.07 Å². The molecule has 0 atom stereocenters. The molecule has 2 aliphatic rings. The Bertz CT molecular complexity index is 1000. The average Bonchev–Trinajstić information content (AvgIpc) is 3.42. The first-order valence-electron chi connectivity index (χ1n) is 9.11. The fourth-order valence-corrected chi connectivity index (χ4v) is 5.43. The van der Waals surface area contributed by atoms with Gasteiger partial charge in [-0.2, -0.15) is 14.1 Å². The Kier molecular flexibility index (Phi) is 4.91. The van der Waals surface area contributed by atoms with Crippen molar-refractivity contribution in [1.29, 1.82) is 0 Å². The number of aryl methyl sites for hydroxylation is 1. The molecule has 10 heteroatoms. The van der Waals surface area contributed by atoms with Gasteiger partial charge in [-0.05, 0) is 50.2 Å². The summed E-state index contributed by atoms with van der Waals surface area (Å²) in [6.45, 7) is 4.71. The molecular formula is C17H23FN5O2S2+. The van der Waals surface area contributed by atoms with Crippen LogP contribution >= 0.6 is 12.2 Å². The fraction of sp³-hybridized carbons (Fsp3) is 0.529. The first-order chi connectivity index (χ1) is 12.9. The van der Waals surface area contributed by atoms with Crippen molar-refractivity contribution in [2.45, 2.75) is 37.4 Å². The number of aromatic nitrogens is 3. The summed E-state index contributed by atoms with van der Waals surface area (Å²) in [6, 6.07) is 5.66. The van der Waals surface area contributed by atoms with Crippen molar-refractivity contribution >= 4 is 22.2 Å². The van der Waals surface area contributed by atoms with E-state index in [1.54, 1.807) is 0 Å². The van der Waals surface area contributed by atoms with Crippen LogP contribution in [0, 0.1) is 17.5 Å². The zero-order chi connectivity index (χ0) is 19.2. The molecule has 7 nitrogen and oxygen atoms in total. The lowest BCUT2D eigenvalue weighted by Gasteiger charge is -2.31. The summed E-state index contributed by atoms with van der Waals surface area (Å²) < 4.78 is 45.0. The van der Waals surface area contributed by atoms with Crippen LogP contribution in [0.4, 0.5) is 4.39 Å². The lowest BCUT2D eigenvalue weighted by Crippen LogP contribution is -3.14. The number of hydrogen-bond donors (Lipinski definition) is 1. The summed E-state index contributed by atoms with van der Waals surface area (Å²) in [5, 5.41) is 4.57. The van der Waals surface area contributed by atoms with Gasteiger partial charge in [0, 0.05) is 6.04 Å². The standard InChI is InChI=1S/C17H22FN5O2S2/c1-13-19-22(17(26)23(13)15-5-6-15)12-20-7-9-21(10-8-20)27(24,25)16-4-2-3-14(18)11-16/h2-4,11,15H,5-10,12H2,1H3/p+1. The van der Waals surface area contributed by atoms with Crippen molar-refractivity contribution in [3.8, 4) is 0 Å². The lowest BCUT2D eigenvalue weighted by molar-refractivity contribution is -0.926. The Morgan fingerprint density at radius 1 is 1.30 bits per heavy atom. The van der Waals surface area contributed by atoms with Crippen molar-refractivity contribution < 1.29 is 17.7 Å². The van der Waals surface area contributed by atoms with E-state index in [0.717, 1.165) is 29.5 Å². The van der Waals surface area contributed by atoms with E-state index in [1.165, 1.54) is 27.4 Å². The minimum atomic E-state index is -3.66. The smallest absolute Gasteiger partial charge is 0.243 e. The number of halogens is 1. The quantitative estimate of drug-likeness (QED) is 0.736. The molecule has 1 saturated heterocycles. The summed E-state index contributed by atoms with van der Waals surface area (Å²) in [5.74, 6) is 0.394. The van der Waals surface area contributed by atoms with Crippen molar-refractivity contribution in [1.82, 2.24) is 18.7 Å². The van der Waals surface area contributed by atoms with E-state index in [9.17, 15) is 12.8 Å². The maximum Gasteiger partial charge on any atom is 0.243 e. The first-order valence-corrected chi connectivity index (χ1v) is 11.0. The predicted molar refractivity (Wildman–Crippen MR) is 99.9 cm³/mol. The van der Waals surface area contributed by atoms with Crippen LogP contribution in [0.3, 0.4) is 0 Å². The average molecular weight is 413 g/mol. The minimum Gasteiger partial charge on any atom is -0.314 e. The first kappa shape index (κ1) is 18.7. The molecule has 27 heavy (non-hydrogen) atoms. The number of rotatable bonds is 5. The van der Waals surface area contributed by atoms with Gasteiger partial charge in [0.25, 0.3) is 0 Å². The summed E-state index contributed by atoms with van der Waals surface area (Å²) in [6.07, 6.45) is 2.31. The molecule has 0 spiro atoms. The number of nitrogens with one attached hydrogen (secondary N) is 1. The number of nitrogens with zero attached hydrogens (tertiary/aromatic N) is 4.